The van der Waals surface area contributed by atoms with Crippen molar-refractivity contribution >= 4 is 11.6 Å². The van der Waals surface area contributed by atoms with E-state index in [4.69, 9.17) is 4.74 Å². The summed E-state index contributed by atoms with van der Waals surface area (Å²) in [7, 11) is 1.57. The molecule has 1 aromatic carbocycles. The van der Waals surface area contributed by atoms with E-state index in [1.54, 1.807) is 12.0 Å². The van der Waals surface area contributed by atoms with Crippen LogP contribution in [0.3, 0.4) is 0 Å². The van der Waals surface area contributed by atoms with Gasteiger partial charge in [0.15, 0.2) is 0 Å². The molecule has 1 N–H and O–H groups in total. The van der Waals surface area contributed by atoms with Crippen molar-refractivity contribution in [2.45, 2.75) is 19.4 Å². The summed E-state index contributed by atoms with van der Waals surface area (Å²) in [6.07, 6.45) is -0.388. The molecule has 0 saturated carbocycles. The van der Waals surface area contributed by atoms with E-state index in [1.165, 1.54) is 0 Å². The van der Waals surface area contributed by atoms with Crippen molar-refractivity contribution in [1.82, 2.24) is 0 Å². The average molecular weight is 221 g/mol. The second-order valence-electron chi connectivity index (χ2n) is 3.97. The minimum atomic E-state index is -0.870. The molecule has 2 rings (SSSR count). The van der Waals surface area contributed by atoms with Gasteiger partial charge in [-0.3, -0.25) is 4.79 Å². The number of carbonyl (C=O) groups is 1. The highest BCUT2D eigenvalue weighted by atomic mass is 16.5. The summed E-state index contributed by atoms with van der Waals surface area (Å²) >= 11 is 0. The standard InChI is InChI=1S/C12H15NO3/c1-8-3-4-11(16-2)9(7-8)13-6-5-10(14)12(13)15/h3-4,7,10,14H,5-6H2,1-2H3. The largest absolute Gasteiger partial charge is 0.495 e. The lowest BCUT2D eigenvalue weighted by Gasteiger charge is -2.19. The molecular weight excluding hydrogens is 206 g/mol. The normalized spacial score (nSPS) is 20.3. The zero-order chi connectivity index (χ0) is 11.7. The SMILES string of the molecule is COc1ccc(C)cc1N1CCC(O)C1=O. The molecule has 1 unspecified atom stereocenters. The van der Waals surface area contributed by atoms with Gasteiger partial charge in [-0.25, -0.2) is 0 Å². The Morgan fingerprint density at radius 2 is 2.25 bits per heavy atom. The van der Waals surface area contributed by atoms with Crippen molar-refractivity contribution in [2.24, 2.45) is 0 Å². The molecular formula is C12H15NO3. The minimum Gasteiger partial charge on any atom is -0.495 e. The Hall–Kier alpha value is -1.55. The van der Waals surface area contributed by atoms with Crippen LogP contribution in [0.5, 0.6) is 5.75 Å². The predicted octanol–water partition coefficient (Wildman–Crippen LogP) is 1.10. The molecule has 0 radical (unpaired) electrons. The van der Waals surface area contributed by atoms with Crippen molar-refractivity contribution in [3.05, 3.63) is 23.8 Å². The van der Waals surface area contributed by atoms with Crippen LogP contribution in [0, 0.1) is 6.92 Å². The topological polar surface area (TPSA) is 49.8 Å². The van der Waals surface area contributed by atoms with Gasteiger partial charge in [-0.2, -0.15) is 0 Å². The molecule has 1 atom stereocenters. The van der Waals surface area contributed by atoms with Gasteiger partial charge >= 0.3 is 0 Å². The van der Waals surface area contributed by atoms with Crippen molar-refractivity contribution in [2.75, 3.05) is 18.6 Å². The van der Waals surface area contributed by atoms with E-state index < -0.39 is 6.10 Å². The van der Waals surface area contributed by atoms with E-state index in [-0.39, 0.29) is 5.91 Å². The van der Waals surface area contributed by atoms with Gasteiger partial charge < -0.3 is 14.7 Å². The lowest BCUT2D eigenvalue weighted by molar-refractivity contribution is -0.124. The summed E-state index contributed by atoms with van der Waals surface area (Å²) in [5.41, 5.74) is 1.80. The van der Waals surface area contributed by atoms with Gasteiger partial charge in [-0.1, -0.05) is 6.07 Å². The summed E-state index contributed by atoms with van der Waals surface area (Å²) in [6.45, 7) is 2.50. The van der Waals surface area contributed by atoms with Gasteiger partial charge in [0, 0.05) is 13.0 Å². The van der Waals surface area contributed by atoms with E-state index in [1.807, 2.05) is 25.1 Å². The first kappa shape index (κ1) is 11.0. The summed E-state index contributed by atoms with van der Waals surface area (Å²) in [5, 5.41) is 9.43. The van der Waals surface area contributed by atoms with E-state index in [2.05, 4.69) is 0 Å². The Kier molecular flexibility index (Phi) is 2.83. The maximum Gasteiger partial charge on any atom is 0.255 e. The van der Waals surface area contributed by atoms with Gasteiger partial charge in [0.2, 0.25) is 0 Å². The molecule has 0 spiro atoms. The number of anilines is 1. The molecule has 0 bridgehead atoms. The van der Waals surface area contributed by atoms with Crippen LogP contribution in [0.15, 0.2) is 18.2 Å². The second-order valence-corrected chi connectivity index (χ2v) is 3.97. The highest BCUT2D eigenvalue weighted by Gasteiger charge is 2.32. The average Bonchev–Trinajstić information content (AvgIpc) is 2.60. The predicted molar refractivity (Wildman–Crippen MR) is 60.7 cm³/mol. The van der Waals surface area contributed by atoms with Gasteiger partial charge in [-0.05, 0) is 24.6 Å². The number of hydrogen-bond acceptors (Lipinski definition) is 3. The number of aryl methyl sites for hydroxylation is 1. The molecule has 0 aromatic heterocycles. The smallest absolute Gasteiger partial charge is 0.255 e. The first-order chi connectivity index (χ1) is 7.63. The maximum absolute atomic E-state index is 11.7. The van der Waals surface area contributed by atoms with Crippen LogP contribution >= 0.6 is 0 Å². The first-order valence-electron chi connectivity index (χ1n) is 5.27. The third kappa shape index (κ3) is 1.76. The molecule has 4 heteroatoms. The number of carbonyl (C=O) groups excluding carboxylic acids is 1. The summed E-state index contributed by atoms with van der Waals surface area (Å²) in [4.78, 5) is 13.3. The minimum absolute atomic E-state index is 0.246. The molecule has 1 aromatic rings. The number of benzene rings is 1. The van der Waals surface area contributed by atoms with Crippen LogP contribution in [0.1, 0.15) is 12.0 Å². The van der Waals surface area contributed by atoms with Gasteiger partial charge in [0.25, 0.3) is 5.91 Å². The van der Waals surface area contributed by atoms with Gasteiger partial charge in [0.1, 0.15) is 11.9 Å². The number of rotatable bonds is 2. The second kappa shape index (κ2) is 4.14. The Morgan fingerprint density at radius 3 is 2.81 bits per heavy atom. The maximum atomic E-state index is 11.7. The van der Waals surface area contributed by atoms with Crippen LogP contribution in [-0.4, -0.2) is 30.8 Å². The molecule has 4 nitrogen and oxygen atoms in total. The molecule has 1 heterocycles. The van der Waals surface area contributed by atoms with Crippen LogP contribution in [0.4, 0.5) is 5.69 Å². The number of methoxy groups -OCH3 is 1. The Labute approximate surface area is 94.4 Å². The fraction of sp³-hybridized carbons (Fsp3) is 0.417. The molecule has 1 amide bonds. The number of ether oxygens (including phenoxy) is 1. The molecule has 1 aliphatic rings. The van der Waals surface area contributed by atoms with Crippen LogP contribution < -0.4 is 9.64 Å². The van der Waals surface area contributed by atoms with E-state index in [0.29, 0.717) is 18.7 Å². The van der Waals surface area contributed by atoms with Crippen molar-refractivity contribution in [3.63, 3.8) is 0 Å². The van der Waals surface area contributed by atoms with Crippen LogP contribution in [-0.2, 0) is 4.79 Å². The summed E-state index contributed by atoms with van der Waals surface area (Å²) in [6, 6.07) is 5.66. The highest BCUT2D eigenvalue weighted by Crippen LogP contribution is 2.32. The Balaban J connectivity index is 2.39. The van der Waals surface area contributed by atoms with Crippen molar-refractivity contribution < 1.29 is 14.6 Å². The fourth-order valence-corrected chi connectivity index (χ4v) is 1.92. The number of amides is 1. The molecule has 0 aliphatic carbocycles. The van der Waals surface area contributed by atoms with E-state index >= 15 is 0 Å². The molecule has 1 saturated heterocycles. The summed E-state index contributed by atoms with van der Waals surface area (Å²) < 4.78 is 5.22. The molecule has 1 aliphatic heterocycles. The number of hydrogen-bond donors (Lipinski definition) is 1. The van der Waals surface area contributed by atoms with Crippen molar-refractivity contribution in [3.8, 4) is 5.75 Å². The lowest BCUT2D eigenvalue weighted by Crippen LogP contribution is -2.29. The quantitative estimate of drug-likeness (QED) is 0.813. The first-order valence-corrected chi connectivity index (χ1v) is 5.27. The number of aliphatic hydroxyl groups is 1. The third-order valence-electron chi connectivity index (χ3n) is 2.80. The van der Waals surface area contributed by atoms with Crippen molar-refractivity contribution in [1.29, 1.82) is 0 Å². The number of nitrogens with zero attached hydrogens (tertiary/aromatic N) is 1. The highest BCUT2D eigenvalue weighted by molar-refractivity contribution is 5.99. The Bertz CT molecular complexity index is 417. The zero-order valence-electron chi connectivity index (χ0n) is 9.43. The number of aliphatic hydroxyl groups excluding tert-OH is 1. The zero-order valence-corrected chi connectivity index (χ0v) is 9.43. The Morgan fingerprint density at radius 1 is 1.50 bits per heavy atom. The third-order valence-corrected chi connectivity index (χ3v) is 2.80. The van der Waals surface area contributed by atoms with E-state index in [0.717, 1.165) is 11.3 Å². The van der Waals surface area contributed by atoms with E-state index in [9.17, 15) is 9.90 Å². The van der Waals surface area contributed by atoms with Crippen LogP contribution in [0.2, 0.25) is 0 Å². The van der Waals surface area contributed by atoms with Gasteiger partial charge in [0.05, 0.1) is 12.8 Å². The summed E-state index contributed by atoms with van der Waals surface area (Å²) in [5.74, 6) is 0.414. The molecule has 1 fully saturated rings. The van der Waals surface area contributed by atoms with Crippen LogP contribution in [0.25, 0.3) is 0 Å². The fourth-order valence-electron chi connectivity index (χ4n) is 1.92. The monoisotopic (exact) mass is 221 g/mol. The van der Waals surface area contributed by atoms with Gasteiger partial charge in [-0.15, -0.1) is 0 Å². The lowest BCUT2D eigenvalue weighted by atomic mass is 10.2. The molecule has 86 valence electrons. The molecule has 16 heavy (non-hydrogen) atoms.